The molecule has 0 saturated heterocycles. The SMILES string of the molecule is CCOC(=O)c1c(NC(=O)c2cc(=O)c3cc(Cl)ccc3o2)sc(C(C)=O)c1C. The van der Waals surface area contributed by atoms with Crippen molar-refractivity contribution in [2.75, 3.05) is 11.9 Å². The molecule has 7 nitrogen and oxygen atoms in total. The summed E-state index contributed by atoms with van der Waals surface area (Å²) in [7, 11) is 0. The number of hydrogen-bond acceptors (Lipinski definition) is 7. The van der Waals surface area contributed by atoms with Gasteiger partial charge >= 0.3 is 5.97 Å². The molecular weight excluding hydrogens is 418 g/mol. The zero-order valence-electron chi connectivity index (χ0n) is 15.8. The molecule has 9 heteroatoms. The first-order chi connectivity index (χ1) is 13.7. The van der Waals surface area contributed by atoms with Crippen molar-refractivity contribution in [3.63, 3.8) is 0 Å². The Balaban J connectivity index is 2.02. The number of halogens is 1. The number of amides is 1. The molecule has 0 aliphatic carbocycles. The molecule has 0 fully saturated rings. The Morgan fingerprint density at radius 3 is 2.62 bits per heavy atom. The third kappa shape index (κ3) is 4.08. The molecule has 0 bridgehead atoms. The molecule has 0 unspecified atom stereocenters. The van der Waals surface area contributed by atoms with E-state index < -0.39 is 17.3 Å². The molecule has 2 aromatic heterocycles. The van der Waals surface area contributed by atoms with Crippen LogP contribution in [0.5, 0.6) is 0 Å². The van der Waals surface area contributed by atoms with Gasteiger partial charge in [0.05, 0.1) is 22.4 Å². The molecule has 0 atom stereocenters. The van der Waals surface area contributed by atoms with Crippen molar-refractivity contribution in [3.05, 3.63) is 61.3 Å². The van der Waals surface area contributed by atoms with E-state index in [1.54, 1.807) is 13.8 Å². The summed E-state index contributed by atoms with van der Waals surface area (Å²) >= 11 is 6.85. The number of rotatable bonds is 5. The predicted molar refractivity (Wildman–Crippen MR) is 110 cm³/mol. The second-order valence-corrected chi connectivity index (χ2v) is 7.56. The van der Waals surface area contributed by atoms with E-state index in [1.165, 1.54) is 25.1 Å². The van der Waals surface area contributed by atoms with Crippen LogP contribution in [0, 0.1) is 6.92 Å². The molecule has 0 radical (unpaired) electrons. The van der Waals surface area contributed by atoms with Gasteiger partial charge in [-0.1, -0.05) is 11.6 Å². The van der Waals surface area contributed by atoms with Crippen LogP contribution in [-0.4, -0.2) is 24.3 Å². The normalized spacial score (nSPS) is 10.8. The van der Waals surface area contributed by atoms with Gasteiger partial charge in [-0.2, -0.15) is 0 Å². The largest absolute Gasteiger partial charge is 0.462 e. The summed E-state index contributed by atoms with van der Waals surface area (Å²) in [6.45, 7) is 4.76. The molecule has 0 aliphatic heterocycles. The average molecular weight is 434 g/mol. The third-order valence-electron chi connectivity index (χ3n) is 4.09. The number of carbonyl (C=O) groups is 3. The highest BCUT2D eigenvalue weighted by molar-refractivity contribution is 7.18. The maximum absolute atomic E-state index is 12.7. The molecular formula is C20H16ClNO6S. The van der Waals surface area contributed by atoms with Gasteiger partial charge in [-0.3, -0.25) is 14.4 Å². The monoisotopic (exact) mass is 433 g/mol. The summed E-state index contributed by atoms with van der Waals surface area (Å²) < 4.78 is 10.6. The van der Waals surface area contributed by atoms with Crippen molar-refractivity contribution in [2.24, 2.45) is 0 Å². The van der Waals surface area contributed by atoms with Crippen LogP contribution >= 0.6 is 22.9 Å². The van der Waals surface area contributed by atoms with Crippen LogP contribution in [0.25, 0.3) is 11.0 Å². The van der Waals surface area contributed by atoms with Crippen molar-refractivity contribution in [1.29, 1.82) is 0 Å². The number of fused-ring (bicyclic) bond motifs is 1. The first-order valence-corrected chi connectivity index (χ1v) is 9.78. The fourth-order valence-electron chi connectivity index (χ4n) is 2.79. The van der Waals surface area contributed by atoms with Gasteiger partial charge in [0, 0.05) is 11.1 Å². The number of thiophene rings is 1. The van der Waals surface area contributed by atoms with Gasteiger partial charge in [0.25, 0.3) is 5.91 Å². The van der Waals surface area contributed by atoms with Crippen LogP contribution in [0.15, 0.2) is 33.5 Å². The van der Waals surface area contributed by atoms with Crippen molar-refractivity contribution in [1.82, 2.24) is 0 Å². The van der Waals surface area contributed by atoms with E-state index in [9.17, 15) is 19.2 Å². The molecule has 0 aliphatic rings. The smallest absolute Gasteiger partial charge is 0.341 e. The Bertz CT molecular complexity index is 1210. The molecule has 0 spiro atoms. The van der Waals surface area contributed by atoms with E-state index in [4.69, 9.17) is 20.8 Å². The molecule has 1 aromatic carbocycles. The number of benzene rings is 1. The Labute approximate surface area is 174 Å². The van der Waals surface area contributed by atoms with Gasteiger partial charge in [0.2, 0.25) is 0 Å². The minimum absolute atomic E-state index is 0.102. The van der Waals surface area contributed by atoms with Crippen LogP contribution < -0.4 is 10.7 Å². The van der Waals surface area contributed by atoms with Crippen molar-refractivity contribution < 1.29 is 23.5 Å². The summed E-state index contributed by atoms with van der Waals surface area (Å²) in [5.41, 5.74) is 0.289. The molecule has 150 valence electrons. The standard InChI is InChI=1S/C20H16ClNO6S/c1-4-27-20(26)16-9(2)17(10(3)23)29-19(16)22-18(25)15-8-13(24)12-7-11(21)5-6-14(12)28-15/h5-8H,4H2,1-3H3,(H,22,25). The molecule has 1 N–H and O–H groups in total. The van der Waals surface area contributed by atoms with Crippen LogP contribution in [0.4, 0.5) is 5.00 Å². The van der Waals surface area contributed by atoms with E-state index in [2.05, 4.69) is 5.32 Å². The van der Waals surface area contributed by atoms with Gasteiger partial charge in [0.1, 0.15) is 10.6 Å². The Kier molecular flexibility index (Phi) is 5.86. The fourth-order valence-corrected chi connectivity index (χ4v) is 4.05. The Morgan fingerprint density at radius 1 is 1.24 bits per heavy atom. The zero-order valence-corrected chi connectivity index (χ0v) is 17.3. The van der Waals surface area contributed by atoms with E-state index in [-0.39, 0.29) is 39.7 Å². The average Bonchev–Trinajstić information content (AvgIpc) is 2.98. The first-order valence-electron chi connectivity index (χ1n) is 8.59. The lowest BCUT2D eigenvalue weighted by atomic mass is 10.1. The number of carbonyl (C=O) groups excluding carboxylic acids is 3. The molecule has 3 rings (SSSR count). The second-order valence-electron chi connectivity index (χ2n) is 6.11. The second kappa shape index (κ2) is 8.18. The number of hydrogen-bond donors (Lipinski definition) is 1. The molecule has 29 heavy (non-hydrogen) atoms. The predicted octanol–water partition coefficient (Wildman–Crippen LogP) is 4.45. The number of Topliss-reactive ketones (excluding diaryl/α,β-unsaturated/α-hetero) is 1. The van der Waals surface area contributed by atoms with Gasteiger partial charge in [0.15, 0.2) is 17.0 Å². The van der Waals surface area contributed by atoms with Crippen LogP contribution in [-0.2, 0) is 4.74 Å². The number of ether oxygens (including phenoxy) is 1. The minimum Gasteiger partial charge on any atom is -0.462 e. The van der Waals surface area contributed by atoms with E-state index in [0.29, 0.717) is 15.5 Å². The third-order valence-corrected chi connectivity index (χ3v) is 5.63. The lowest BCUT2D eigenvalue weighted by molar-refractivity contribution is 0.0527. The molecule has 2 heterocycles. The summed E-state index contributed by atoms with van der Waals surface area (Å²) in [6, 6.07) is 5.52. The van der Waals surface area contributed by atoms with E-state index in [0.717, 1.165) is 17.4 Å². The highest BCUT2D eigenvalue weighted by atomic mass is 35.5. The maximum atomic E-state index is 12.7. The minimum atomic E-state index is -0.735. The Morgan fingerprint density at radius 2 is 1.97 bits per heavy atom. The van der Waals surface area contributed by atoms with Crippen LogP contribution in [0.2, 0.25) is 5.02 Å². The zero-order chi connectivity index (χ0) is 21.3. The number of anilines is 1. The lowest BCUT2D eigenvalue weighted by Gasteiger charge is -2.07. The number of esters is 1. The highest BCUT2D eigenvalue weighted by Crippen LogP contribution is 2.34. The lowest BCUT2D eigenvalue weighted by Crippen LogP contribution is -2.16. The number of nitrogens with one attached hydrogen (secondary N) is 1. The molecule has 0 saturated carbocycles. The van der Waals surface area contributed by atoms with E-state index >= 15 is 0 Å². The van der Waals surface area contributed by atoms with Gasteiger partial charge in [-0.05, 0) is 44.5 Å². The summed E-state index contributed by atoms with van der Waals surface area (Å²) in [5.74, 6) is -1.87. The van der Waals surface area contributed by atoms with Gasteiger partial charge in [-0.15, -0.1) is 11.3 Å². The summed E-state index contributed by atoms with van der Waals surface area (Å²) in [5, 5.41) is 3.31. The summed E-state index contributed by atoms with van der Waals surface area (Å²) in [4.78, 5) is 49.5. The van der Waals surface area contributed by atoms with Crippen molar-refractivity contribution >= 4 is 56.6 Å². The van der Waals surface area contributed by atoms with Crippen LogP contribution in [0.1, 0.15) is 50.0 Å². The van der Waals surface area contributed by atoms with Crippen molar-refractivity contribution in [3.8, 4) is 0 Å². The maximum Gasteiger partial charge on any atom is 0.341 e. The fraction of sp³-hybridized carbons (Fsp3) is 0.200. The van der Waals surface area contributed by atoms with Gasteiger partial charge in [-0.25, -0.2) is 4.79 Å². The van der Waals surface area contributed by atoms with E-state index in [1.807, 2.05) is 0 Å². The van der Waals surface area contributed by atoms with Crippen LogP contribution in [0.3, 0.4) is 0 Å². The molecule has 1 amide bonds. The summed E-state index contributed by atoms with van der Waals surface area (Å²) in [6.07, 6.45) is 0. The topological polar surface area (TPSA) is 103 Å². The van der Waals surface area contributed by atoms with Crippen molar-refractivity contribution in [2.45, 2.75) is 20.8 Å². The molecule has 3 aromatic rings. The quantitative estimate of drug-likeness (QED) is 0.471. The highest BCUT2D eigenvalue weighted by Gasteiger charge is 2.26. The Hall–Kier alpha value is -2.97. The first kappa shape index (κ1) is 20.8. The van der Waals surface area contributed by atoms with Gasteiger partial charge < -0.3 is 14.5 Å². The number of ketones is 1.